The molecule has 0 radical (unpaired) electrons. The highest BCUT2D eigenvalue weighted by molar-refractivity contribution is 6.30. The SMILES string of the molecule is O=C(/C=C(\NC(=O)c1ccc(Cl)cc1)Nc1ccccc1)c1ccccc1. The zero-order valence-corrected chi connectivity index (χ0v) is 15.1. The van der Waals surface area contributed by atoms with E-state index in [1.165, 1.54) is 6.08 Å². The number of halogens is 1. The molecule has 0 spiro atoms. The van der Waals surface area contributed by atoms with Crippen LogP contribution in [0.4, 0.5) is 5.69 Å². The van der Waals surface area contributed by atoms with Gasteiger partial charge in [-0.15, -0.1) is 0 Å². The maximum absolute atomic E-state index is 12.5. The Labute approximate surface area is 162 Å². The van der Waals surface area contributed by atoms with E-state index in [1.54, 1.807) is 48.5 Å². The maximum Gasteiger partial charge on any atom is 0.256 e. The number of carbonyl (C=O) groups excluding carboxylic acids is 2. The molecule has 0 heterocycles. The van der Waals surface area contributed by atoms with Gasteiger partial charge in [0, 0.05) is 27.9 Å². The molecule has 3 rings (SSSR count). The number of amides is 1. The van der Waals surface area contributed by atoms with Gasteiger partial charge in [0.25, 0.3) is 5.91 Å². The zero-order valence-electron chi connectivity index (χ0n) is 14.4. The second-order valence-corrected chi connectivity index (χ2v) is 6.18. The Bertz CT molecular complexity index is 953. The van der Waals surface area contributed by atoms with E-state index >= 15 is 0 Å². The smallest absolute Gasteiger partial charge is 0.256 e. The summed E-state index contributed by atoms with van der Waals surface area (Å²) in [6.07, 6.45) is 1.37. The van der Waals surface area contributed by atoms with Crippen molar-refractivity contribution in [2.75, 3.05) is 5.32 Å². The topological polar surface area (TPSA) is 58.2 Å². The number of hydrogen-bond acceptors (Lipinski definition) is 3. The highest BCUT2D eigenvalue weighted by Crippen LogP contribution is 2.12. The minimum absolute atomic E-state index is 0.217. The van der Waals surface area contributed by atoms with Gasteiger partial charge in [-0.2, -0.15) is 0 Å². The van der Waals surface area contributed by atoms with E-state index in [0.717, 1.165) is 5.69 Å². The quantitative estimate of drug-likeness (QED) is 0.475. The molecule has 134 valence electrons. The number of allylic oxidation sites excluding steroid dienone is 1. The Morgan fingerprint density at radius 3 is 1.96 bits per heavy atom. The first kappa shape index (κ1) is 18.4. The molecule has 0 saturated carbocycles. The lowest BCUT2D eigenvalue weighted by Crippen LogP contribution is -2.27. The molecule has 0 unspecified atom stereocenters. The molecule has 0 aromatic heterocycles. The zero-order chi connectivity index (χ0) is 19.1. The number of ketones is 1. The first-order valence-corrected chi connectivity index (χ1v) is 8.70. The van der Waals surface area contributed by atoms with Gasteiger partial charge >= 0.3 is 0 Å². The standard InChI is InChI=1S/C22H17ClN2O2/c23-18-13-11-17(12-14-18)22(27)25-21(24-19-9-5-2-6-10-19)15-20(26)16-7-3-1-4-8-16/h1-15,24H,(H,25,27)/b21-15-. The summed E-state index contributed by atoms with van der Waals surface area (Å²) < 4.78 is 0. The molecule has 4 nitrogen and oxygen atoms in total. The number of para-hydroxylation sites is 1. The minimum Gasteiger partial charge on any atom is -0.342 e. The number of anilines is 1. The largest absolute Gasteiger partial charge is 0.342 e. The van der Waals surface area contributed by atoms with Gasteiger partial charge < -0.3 is 10.6 Å². The summed E-state index contributed by atoms with van der Waals surface area (Å²) in [5.41, 5.74) is 1.72. The molecule has 0 atom stereocenters. The summed E-state index contributed by atoms with van der Waals surface area (Å²) in [6, 6.07) is 24.7. The average Bonchev–Trinajstić information content (AvgIpc) is 2.70. The lowest BCUT2D eigenvalue weighted by Gasteiger charge is -2.13. The molecule has 27 heavy (non-hydrogen) atoms. The molecule has 0 aliphatic carbocycles. The van der Waals surface area contributed by atoms with Crippen molar-refractivity contribution in [1.82, 2.24) is 5.32 Å². The highest BCUT2D eigenvalue weighted by atomic mass is 35.5. The third-order valence-corrected chi connectivity index (χ3v) is 3.99. The van der Waals surface area contributed by atoms with Gasteiger partial charge in [0.05, 0.1) is 0 Å². The molecule has 0 fully saturated rings. The van der Waals surface area contributed by atoms with Crippen molar-refractivity contribution in [3.8, 4) is 0 Å². The molecular formula is C22H17ClN2O2. The van der Waals surface area contributed by atoms with Gasteiger partial charge in [-0.25, -0.2) is 0 Å². The number of benzene rings is 3. The molecule has 0 saturated heterocycles. The third-order valence-electron chi connectivity index (χ3n) is 3.74. The fourth-order valence-electron chi connectivity index (χ4n) is 2.39. The molecular weight excluding hydrogens is 360 g/mol. The lowest BCUT2D eigenvalue weighted by molar-refractivity contribution is 0.0966. The summed E-state index contributed by atoms with van der Waals surface area (Å²) in [7, 11) is 0. The van der Waals surface area contributed by atoms with Crippen LogP contribution in [0.3, 0.4) is 0 Å². The Kier molecular flexibility index (Phi) is 6.02. The van der Waals surface area contributed by atoms with Gasteiger partial charge in [-0.05, 0) is 36.4 Å². The highest BCUT2D eigenvalue weighted by Gasteiger charge is 2.11. The number of rotatable bonds is 6. The van der Waals surface area contributed by atoms with Crippen molar-refractivity contribution >= 4 is 29.0 Å². The predicted molar refractivity (Wildman–Crippen MR) is 108 cm³/mol. The number of nitrogens with one attached hydrogen (secondary N) is 2. The lowest BCUT2D eigenvalue weighted by atomic mass is 10.1. The molecule has 5 heteroatoms. The van der Waals surface area contributed by atoms with Crippen LogP contribution in [0.5, 0.6) is 0 Å². The van der Waals surface area contributed by atoms with Crippen LogP contribution in [0.15, 0.2) is 96.8 Å². The van der Waals surface area contributed by atoms with E-state index < -0.39 is 0 Å². The second kappa shape index (κ2) is 8.83. The van der Waals surface area contributed by atoms with E-state index in [9.17, 15) is 9.59 Å². The van der Waals surface area contributed by atoms with Crippen molar-refractivity contribution in [2.24, 2.45) is 0 Å². The third kappa shape index (κ3) is 5.30. The Morgan fingerprint density at radius 1 is 0.741 bits per heavy atom. The van der Waals surface area contributed by atoms with Crippen LogP contribution in [-0.2, 0) is 0 Å². The van der Waals surface area contributed by atoms with Gasteiger partial charge in [0.15, 0.2) is 5.78 Å². The van der Waals surface area contributed by atoms with Crippen LogP contribution in [0, 0.1) is 0 Å². The predicted octanol–water partition coefficient (Wildman–Crippen LogP) is 4.91. The molecule has 1 amide bonds. The fraction of sp³-hybridized carbons (Fsp3) is 0. The van der Waals surface area contributed by atoms with Crippen LogP contribution in [0.2, 0.25) is 5.02 Å². The Morgan fingerprint density at radius 2 is 1.33 bits per heavy atom. The van der Waals surface area contributed by atoms with Gasteiger partial charge in [-0.1, -0.05) is 60.1 Å². The molecule has 0 aliphatic heterocycles. The minimum atomic E-state index is -0.345. The van der Waals surface area contributed by atoms with E-state index in [0.29, 0.717) is 16.1 Å². The second-order valence-electron chi connectivity index (χ2n) is 5.74. The summed E-state index contributed by atoms with van der Waals surface area (Å²) in [6.45, 7) is 0. The van der Waals surface area contributed by atoms with Crippen molar-refractivity contribution in [2.45, 2.75) is 0 Å². The Balaban J connectivity index is 1.85. The van der Waals surface area contributed by atoms with E-state index in [1.807, 2.05) is 36.4 Å². The summed E-state index contributed by atoms with van der Waals surface area (Å²) in [5, 5.41) is 6.37. The van der Waals surface area contributed by atoms with Crippen molar-refractivity contribution in [3.63, 3.8) is 0 Å². The summed E-state index contributed by atoms with van der Waals surface area (Å²) >= 11 is 5.87. The van der Waals surface area contributed by atoms with Gasteiger partial charge in [-0.3, -0.25) is 9.59 Å². The maximum atomic E-state index is 12.5. The average molecular weight is 377 g/mol. The first-order chi connectivity index (χ1) is 13.1. The van der Waals surface area contributed by atoms with Gasteiger partial charge in [0.1, 0.15) is 5.82 Å². The molecule has 0 aliphatic rings. The van der Waals surface area contributed by atoms with E-state index in [4.69, 9.17) is 11.6 Å². The molecule has 2 N–H and O–H groups in total. The molecule has 3 aromatic carbocycles. The van der Waals surface area contributed by atoms with Crippen molar-refractivity contribution in [1.29, 1.82) is 0 Å². The number of hydrogen-bond donors (Lipinski definition) is 2. The van der Waals surface area contributed by atoms with Crippen LogP contribution in [0.1, 0.15) is 20.7 Å². The summed E-state index contributed by atoms with van der Waals surface area (Å²) in [5.74, 6) is -0.275. The first-order valence-electron chi connectivity index (χ1n) is 8.32. The van der Waals surface area contributed by atoms with E-state index in [2.05, 4.69) is 10.6 Å². The molecule has 3 aromatic rings. The number of carbonyl (C=O) groups is 2. The summed E-state index contributed by atoms with van der Waals surface area (Å²) in [4.78, 5) is 25.1. The van der Waals surface area contributed by atoms with Crippen molar-refractivity contribution < 1.29 is 9.59 Å². The van der Waals surface area contributed by atoms with Crippen molar-refractivity contribution in [3.05, 3.63) is 113 Å². The molecule has 0 bridgehead atoms. The van der Waals surface area contributed by atoms with Crippen LogP contribution in [0.25, 0.3) is 0 Å². The van der Waals surface area contributed by atoms with E-state index in [-0.39, 0.29) is 17.5 Å². The Hall–Kier alpha value is -3.37. The van der Waals surface area contributed by atoms with Crippen LogP contribution >= 0.6 is 11.6 Å². The normalized spacial score (nSPS) is 10.9. The van der Waals surface area contributed by atoms with Gasteiger partial charge in [0.2, 0.25) is 0 Å². The monoisotopic (exact) mass is 376 g/mol. The fourth-order valence-corrected chi connectivity index (χ4v) is 2.52. The van der Waals surface area contributed by atoms with Crippen LogP contribution in [-0.4, -0.2) is 11.7 Å². The van der Waals surface area contributed by atoms with Crippen LogP contribution < -0.4 is 10.6 Å².